The molecule has 3 nitrogen and oxygen atoms in total. The molecule has 4 heteroatoms. The van der Waals surface area contributed by atoms with Crippen molar-refractivity contribution in [1.29, 1.82) is 0 Å². The lowest BCUT2D eigenvalue weighted by Gasteiger charge is -2.09. The second kappa shape index (κ2) is 8.25. The van der Waals surface area contributed by atoms with Gasteiger partial charge in [-0.05, 0) is 30.5 Å². The maximum absolute atomic E-state index is 12.3. The van der Waals surface area contributed by atoms with Crippen LogP contribution >= 0.6 is 11.8 Å². The quantitative estimate of drug-likeness (QED) is 0.736. The van der Waals surface area contributed by atoms with E-state index >= 15 is 0 Å². The molecule has 0 aliphatic heterocycles. The number of amides is 1. The Labute approximate surface area is 141 Å². The molecule has 1 aliphatic carbocycles. The van der Waals surface area contributed by atoms with Crippen molar-refractivity contribution >= 4 is 17.7 Å². The number of nitrogens with one attached hydrogen (secondary N) is 1. The van der Waals surface area contributed by atoms with Gasteiger partial charge in [0.15, 0.2) is 5.76 Å². The summed E-state index contributed by atoms with van der Waals surface area (Å²) in [5.41, 5.74) is 0.956. The molecule has 1 heterocycles. The van der Waals surface area contributed by atoms with E-state index in [2.05, 4.69) is 17.4 Å². The molecule has 23 heavy (non-hydrogen) atoms. The Bertz CT molecular complexity index is 617. The summed E-state index contributed by atoms with van der Waals surface area (Å²) in [6, 6.07) is 12.1. The van der Waals surface area contributed by atoms with Crippen molar-refractivity contribution in [2.24, 2.45) is 5.92 Å². The van der Waals surface area contributed by atoms with Gasteiger partial charge in [0.1, 0.15) is 0 Å². The van der Waals surface area contributed by atoms with Crippen LogP contribution < -0.4 is 5.32 Å². The van der Waals surface area contributed by atoms with E-state index in [1.807, 2.05) is 24.3 Å². The van der Waals surface area contributed by atoms with E-state index < -0.39 is 0 Å². The highest BCUT2D eigenvalue weighted by atomic mass is 32.2. The molecule has 122 valence electrons. The Morgan fingerprint density at radius 1 is 1.17 bits per heavy atom. The standard InChI is InChI=1S/C19H23NO2S/c21-19(20-12-10-15-6-4-5-7-15)18-16(11-13-22-18)14-23-17-8-2-1-3-9-17/h1-3,8-9,11,13,15H,4-7,10,12,14H2,(H,20,21). The average Bonchev–Trinajstić information content (AvgIpc) is 3.25. The minimum Gasteiger partial charge on any atom is -0.459 e. The molecule has 1 N–H and O–H groups in total. The minimum atomic E-state index is -0.0864. The first kappa shape index (κ1) is 16.2. The summed E-state index contributed by atoms with van der Waals surface area (Å²) in [6.45, 7) is 0.746. The van der Waals surface area contributed by atoms with E-state index in [4.69, 9.17) is 4.42 Å². The summed E-state index contributed by atoms with van der Waals surface area (Å²) in [4.78, 5) is 13.5. The molecule has 0 unspecified atom stereocenters. The first-order valence-electron chi connectivity index (χ1n) is 8.35. The van der Waals surface area contributed by atoms with Gasteiger partial charge in [-0.25, -0.2) is 0 Å². The highest BCUT2D eigenvalue weighted by molar-refractivity contribution is 7.98. The van der Waals surface area contributed by atoms with Gasteiger partial charge in [0.25, 0.3) is 5.91 Å². The number of rotatable bonds is 7. The zero-order valence-corrected chi connectivity index (χ0v) is 14.1. The largest absolute Gasteiger partial charge is 0.459 e. The fraction of sp³-hybridized carbons (Fsp3) is 0.421. The maximum atomic E-state index is 12.3. The van der Waals surface area contributed by atoms with E-state index in [0.717, 1.165) is 30.2 Å². The summed E-state index contributed by atoms with van der Waals surface area (Å²) in [6.07, 6.45) is 8.01. The lowest BCUT2D eigenvalue weighted by Crippen LogP contribution is -2.26. The monoisotopic (exact) mass is 329 g/mol. The van der Waals surface area contributed by atoms with Crippen LogP contribution in [-0.2, 0) is 5.75 Å². The van der Waals surface area contributed by atoms with Crippen LogP contribution in [0, 0.1) is 5.92 Å². The van der Waals surface area contributed by atoms with Gasteiger partial charge in [-0.2, -0.15) is 0 Å². The molecular weight excluding hydrogens is 306 g/mol. The second-order valence-corrected chi connectivity index (χ2v) is 7.12. The molecule has 1 aliphatic rings. The molecule has 0 bridgehead atoms. The summed E-state index contributed by atoms with van der Waals surface area (Å²) < 4.78 is 5.41. The maximum Gasteiger partial charge on any atom is 0.287 e. The van der Waals surface area contributed by atoms with E-state index in [0.29, 0.717) is 5.76 Å². The van der Waals surface area contributed by atoms with E-state index in [9.17, 15) is 4.79 Å². The van der Waals surface area contributed by atoms with Gasteiger partial charge in [-0.3, -0.25) is 4.79 Å². The topological polar surface area (TPSA) is 42.2 Å². The van der Waals surface area contributed by atoms with Crippen molar-refractivity contribution in [1.82, 2.24) is 5.32 Å². The summed E-state index contributed by atoms with van der Waals surface area (Å²) in [5, 5.41) is 3.01. The molecule has 0 atom stereocenters. The van der Waals surface area contributed by atoms with Gasteiger partial charge in [-0.1, -0.05) is 43.9 Å². The predicted octanol–water partition coefficient (Wildman–Crippen LogP) is 4.88. The van der Waals surface area contributed by atoms with Crippen molar-refractivity contribution < 1.29 is 9.21 Å². The van der Waals surface area contributed by atoms with Crippen molar-refractivity contribution in [3.8, 4) is 0 Å². The smallest absolute Gasteiger partial charge is 0.287 e. The predicted molar refractivity (Wildman–Crippen MR) is 93.6 cm³/mol. The van der Waals surface area contributed by atoms with Crippen LogP contribution in [0.1, 0.15) is 48.2 Å². The average molecular weight is 329 g/mol. The first-order chi connectivity index (χ1) is 11.3. The Morgan fingerprint density at radius 2 is 1.96 bits per heavy atom. The molecule has 1 saturated carbocycles. The van der Waals surface area contributed by atoms with Crippen LogP contribution in [-0.4, -0.2) is 12.5 Å². The van der Waals surface area contributed by atoms with Gasteiger partial charge in [-0.15, -0.1) is 11.8 Å². The highest BCUT2D eigenvalue weighted by Gasteiger charge is 2.17. The number of thioether (sulfide) groups is 1. The fourth-order valence-electron chi connectivity index (χ4n) is 3.10. The molecule has 3 rings (SSSR count). The van der Waals surface area contributed by atoms with Gasteiger partial charge >= 0.3 is 0 Å². The third kappa shape index (κ3) is 4.64. The Hall–Kier alpha value is -1.68. The van der Waals surface area contributed by atoms with Crippen LogP contribution in [0.5, 0.6) is 0 Å². The zero-order chi connectivity index (χ0) is 15.9. The van der Waals surface area contributed by atoms with Crippen LogP contribution in [0.25, 0.3) is 0 Å². The number of hydrogen-bond acceptors (Lipinski definition) is 3. The van der Waals surface area contributed by atoms with E-state index in [1.54, 1.807) is 18.0 Å². The first-order valence-corrected chi connectivity index (χ1v) is 9.34. The molecule has 1 aromatic heterocycles. The Balaban J connectivity index is 1.49. The Kier molecular flexibility index (Phi) is 5.81. The summed E-state index contributed by atoms with van der Waals surface area (Å²) >= 11 is 1.71. The molecule has 0 radical (unpaired) electrons. The van der Waals surface area contributed by atoms with Gasteiger partial charge in [0, 0.05) is 22.8 Å². The van der Waals surface area contributed by atoms with Gasteiger partial charge in [0.2, 0.25) is 0 Å². The SMILES string of the molecule is O=C(NCCC1CCCC1)c1occc1CSc1ccccc1. The van der Waals surface area contributed by atoms with Crippen molar-refractivity contribution in [3.05, 3.63) is 54.0 Å². The van der Waals surface area contributed by atoms with Crippen LogP contribution in [0.15, 0.2) is 52.0 Å². The van der Waals surface area contributed by atoms with Gasteiger partial charge in [0.05, 0.1) is 6.26 Å². The van der Waals surface area contributed by atoms with Crippen molar-refractivity contribution in [3.63, 3.8) is 0 Å². The number of benzene rings is 1. The van der Waals surface area contributed by atoms with Crippen LogP contribution in [0.4, 0.5) is 0 Å². The van der Waals surface area contributed by atoms with Gasteiger partial charge < -0.3 is 9.73 Å². The molecule has 0 saturated heterocycles. The van der Waals surface area contributed by atoms with Crippen molar-refractivity contribution in [2.75, 3.05) is 6.54 Å². The molecule has 1 fully saturated rings. The fourth-order valence-corrected chi connectivity index (χ4v) is 3.99. The molecule has 2 aromatic rings. The van der Waals surface area contributed by atoms with E-state index in [-0.39, 0.29) is 5.91 Å². The van der Waals surface area contributed by atoms with Crippen molar-refractivity contribution in [2.45, 2.75) is 42.8 Å². The third-order valence-electron chi connectivity index (χ3n) is 4.40. The molecule has 1 amide bonds. The molecular formula is C19H23NO2S. The number of carbonyl (C=O) groups excluding carboxylic acids is 1. The highest BCUT2D eigenvalue weighted by Crippen LogP contribution is 2.27. The Morgan fingerprint density at radius 3 is 2.74 bits per heavy atom. The number of hydrogen-bond donors (Lipinski definition) is 1. The summed E-state index contributed by atoms with van der Waals surface area (Å²) in [7, 11) is 0. The van der Waals surface area contributed by atoms with Crippen LogP contribution in [0.3, 0.4) is 0 Å². The zero-order valence-electron chi connectivity index (χ0n) is 13.3. The third-order valence-corrected chi connectivity index (χ3v) is 5.46. The lowest BCUT2D eigenvalue weighted by molar-refractivity contribution is 0.0923. The summed E-state index contributed by atoms with van der Waals surface area (Å²) in [5.74, 6) is 1.91. The molecule has 1 aromatic carbocycles. The number of carbonyl (C=O) groups is 1. The second-order valence-electron chi connectivity index (χ2n) is 6.07. The number of furan rings is 1. The normalized spacial score (nSPS) is 15.0. The van der Waals surface area contributed by atoms with Crippen LogP contribution in [0.2, 0.25) is 0 Å². The minimum absolute atomic E-state index is 0.0864. The molecule has 0 spiro atoms. The lowest BCUT2D eigenvalue weighted by atomic mass is 10.0. The van der Waals surface area contributed by atoms with E-state index in [1.165, 1.54) is 30.6 Å².